The second-order valence-electron chi connectivity index (χ2n) is 8.39. The van der Waals surface area contributed by atoms with E-state index >= 15 is 0 Å². The van der Waals surface area contributed by atoms with E-state index in [0.717, 1.165) is 31.2 Å². The Morgan fingerprint density at radius 3 is 2.47 bits per heavy atom. The van der Waals surface area contributed by atoms with Gasteiger partial charge in [-0.1, -0.05) is 55.3 Å². The number of hydrogen-bond donors (Lipinski definition) is 1. The molecule has 164 valence electrons. The number of nitrogens with one attached hydrogen (secondary N) is 1. The zero-order chi connectivity index (χ0) is 22.1. The van der Waals surface area contributed by atoms with Crippen molar-refractivity contribution in [1.29, 1.82) is 0 Å². The van der Waals surface area contributed by atoms with Crippen molar-refractivity contribution in [3.63, 3.8) is 0 Å². The van der Waals surface area contributed by atoms with Gasteiger partial charge in [-0.15, -0.1) is 0 Å². The van der Waals surface area contributed by atoms with Crippen molar-refractivity contribution in [2.75, 3.05) is 0 Å². The lowest BCUT2D eigenvalue weighted by molar-refractivity contribution is -0.122. The van der Waals surface area contributed by atoms with Gasteiger partial charge in [0.25, 0.3) is 5.56 Å². The first-order valence-corrected chi connectivity index (χ1v) is 11.1. The van der Waals surface area contributed by atoms with Gasteiger partial charge in [0, 0.05) is 18.0 Å². The highest BCUT2D eigenvalue weighted by Crippen LogP contribution is 2.25. The quantitative estimate of drug-likeness (QED) is 0.508. The fourth-order valence-corrected chi connectivity index (χ4v) is 4.61. The predicted molar refractivity (Wildman–Crippen MR) is 123 cm³/mol. The molecule has 0 radical (unpaired) electrons. The second-order valence-corrected chi connectivity index (χ2v) is 8.39. The van der Waals surface area contributed by atoms with E-state index in [1.165, 1.54) is 9.13 Å². The van der Waals surface area contributed by atoms with Crippen molar-refractivity contribution in [3.8, 4) is 0 Å². The fraction of sp³-hybridized carbons (Fsp3) is 0.320. The number of carbonyl (C=O) groups is 1. The summed E-state index contributed by atoms with van der Waals surface area (Å²) in [7, 11) is 0. The summed E-state index contributed by atoms with van der Waals surface area (Å²) in [5.74, 6) is -0.223. The van der Waals surface area contributed by atoms with Crippen molar-refractivity contribution in [2.45, 2.75) is 51.2 Å². The molecule has 4 aromatic rings. The van der Waals surface area contributed by atoms with Gasteiger partial charge in [0.15, 0.2) is 0 Å². The third kappa shape index (κ3) is 3.75. The molecule has 1 aliphatic carbocycles. The molecule has 2 heterocycles. The van der Waals surface area contributed by atoms with Crippen LogP contribution in [0.1, 0.15) is 31.2 Å². The molecular weight excluding hydrogens is 406 g/mol. The van der Waals surface area contributed by atoms with Crippen molar-refractivity contribution in [2.24, 2.45) is 0 Å². The van der Waals surface area contributed by atoms with Crippen molar-refractivity contribution >= 4 is 28.0 Å². The Kier molecular flexibility index (Phi) is 5.39. The van der Waals surface area contributed by atoms with E-state index < -0.39 is 11.2 Å². The molecule has 0 bridgehead atoms. The van der Waals surface area contributed by atoms with Crippen LogP contribution in [0, 0.1) is 0 Å². The molecule has 7 nitrogen and oxygen atoms in total. The van der Waals surface area contributed by atoms with E-state index in [-0.39, 0.29) is 30.6 Å². The Labute approximate surface area is 184 Å². The molecule has 0 aliphatic heterocycles. The summed E-state index contributed by atoms with van der Waals surface area (Å²) in [6, 6.07) is 17.0. The minimum Gasteiger partial charge on any atom is -0.449 e. The van der Waals surface area contributed by atoms with Crippen molar-refractivity contribution < 1.29 is 9.21 Å². The molecule has 2 aromatic carbocycles. The maximum atomic E-state index is 13.4. The predicted octanol–water partition coefficient (Wildman–Crippen LogP) is 3.21. The van der Waals surface area contributed by atoms with E-state index in [4.69, 9.17) is 4.42 Å². The molecule has 0 unspecified atom stereocenters. The highest BCUT2D eigenvalue weighted by atomic mass is 16.3. The molecule has 1 amide bonds. The lowest BCUT2D eigenvalue weighted by Crippen LogP contribution is -2.44. The maximum absolute atomic E-state index is 13.4. The highest BCUT2D eigenvalue weighted by Gasteiger charge is 2.23. The monoisotopic (exact) mass is 431 g/mol. The van der Waals surface area contributed by atoms with Gasteiger partial charge in [0.2, 0.25) is 11.5 Å². The molecule has 0 saturated heterocycles. The van der Waals surface area contributed by atoms with Crippen LogP contribution in [0.25, 0.3) is 22.1 Å². The summed E-state index contributed by atoms with van der Waals surface area (Å²) < 4.78 is 8.43. The van der Waals surface area contributed by atoms with Gasteiger partial charge in [-0.05, 0) is 37.0 Å². The van der Waals surface area contributed by atoms with Crippen LogP contribution in [0.15, 0.2) is 68.6 Å². The van der Waals surface area contributed by atoms with Crippen LogP contribution in [-0.2, 0) is 24.3 Å². The lowest BCUT2D eigenvalue weighted by atomic mass is 10.1. The summed E-state index contributed by atoms with van der Waals surface area (Å²) in [4.78, 5) is 39.5. The number of aromatic nitrogens is 2. The Bertz CT molecular complexity index is 1390. The topological polar surface area (TPSA) is 86.2 Å². The number of aryl methyl sites for hydroxylation is 1. The second kappa shape index (κ2) is 8.49. The maximum Gasteiger partial charge on any atom is 0.332 e. The number of fused-ring (bicyclic) bond motifs is 3. The minimum atomic E-state index is -0.494. The smallest absolute Gasteiger partial charge is 0.332 e. The molecule has 1 saturated carbocycles. The summed E-state index contributed by atoms with van der Waals surface area (Å²) in [6.07, 6.45) is 4.65. The number of amides is 1. The Morgan fingerprint density at radius 2 is 1.69 bits per heavy atom. The van der Waals surface area contributed by atoms with Gasteiger partial charge in [-0.2, -0.15) is 0 Å². The molecule has 2 aromatic heterocycles. The van der Waals surface area contributed by atoms with Crippen LogP contribution in [-0.4, -0.2) is 21.1 Å². The first-order valence-electron chi connectivity index (χ1n) is 11.1. The van der Waals surface area contributed by atoms with Crippen LogP contribution in [0.3, 0.4) is 0 Å². The van der Waals surface area contributed by atoms with Gasteiger partial charge in [-0.3, -0.25) is 18.7 Å². The molecular formula is C25H25N3O4. The van der Waals surface area contributed by atoms with Crippen LogP contribution in [0.4, 0.5) is 0 Å². The number of furan rings is 1. The number of para-hydroxylation sites is 1. The molecule has 1 fully saturated rings. The van der Waals surface area contributed by atoms with Gasteiger partial charge >= 0.3 is 5.69 Å². The van der Waals surface area contributed by atoms with Gasteiger partial charge < -0.3 is 9.73 Å². The summed E-state index contributed by atoms with van der Waals surface area (Å²) in [5, 5.41) is 3.69. The zero-order valence-corrected chi connectivity index (χ0v) is 17.8. The van der Waals surface area contributed by atoms with Crippen LogP contribution in [0.5, 0.6) is 0 Å². The van der Waals surface area contributed by atoms with Crippen molar-refractivity contribution in [3.05, 3.63) is 81.0 Å². The van der Waals surface area contributed by atoms with Gasteiger partial charge in [0.05, 0.1) is 0 Å². The molecule has 5 rings (SSSR count). The van der Waals surface area contributed by atoms with Gasteiger partial charge in [-0.25, -0.2) is 4.79 Å². The Balaban J connectivity index is 1.59. The average Bonchev–Trinajstić information content (AvgIpc) is 3.45. The third-order valence-corrected chi connectivity index (χ3v) is 6.23. The molecule has 0 atom stereocenters. The average molecular weight is 431 g/mol. The first-order chi connectivity index (χ1) is 15.6. The molecule has 7 heteroatoms. The van der Waals surface area contributed by atoms with Crippen molar-refractivity contribution in [1.82, 2.24) is 14.5 Å². The molecule has 0 spiro atoms. The van der Waals surface area contributed by atoms with Crippen LogP contribution in [0.2, 0.25) is 0 Å². The number of hydrogen-bond acceptors (Lipinski definition) is 4. The normalized spacial score (nSPS) is 14.4. The molecule has 1 aliphatic rings. The Morgan fingerprint density at radius 1 is 0.969 bits per heavy atom. The summed E-state index contributed by atoms with van der Waals surface area (Å²) >= 11 is 0. The number of rotatable bonds is 6. The lowest BCUT2D eigenvalue weighted by Gasteiger charge is -2.15. The standard InChI is InChI=1S/C25H25N3O4/c29-21(26-18-10-4-5-11-18)16-28-22-19-12-6-7-13-20(19)32-23(22)24(30)27(25(28)31)15-14-17-8-2-1-3-9-17/h1-3,6-9,12-13,18H,4-5,10-11,14-16H2,(H,26,29). The van der Waals surface area contributed by atoms with E-state index in [2.05, 4.69) is 5.32 Å². The SMILES string of the molecule is O=C(Cn1c(=O)n(CCc2ccccc2)c(=O)c2oc3ccccc3c21)NC1CCCC1. The number of benzene rings is 2. The fourth-order valence-electron chi connectivity index (χ4n) is 4.61. The molecule has 32 heavy (non-hydrogen) atoms. The van der Waals surface area contributed by atoms with Crippen LogP contribution < -0.4 is 16.6 Å². The minimum absolute atomic E-state index is 0.104. The highest BCUT2D eigenvalue weighted by molar-refractivity contribution is 6.02. The Hall–Kier alpha value is -3.61. The number of carbonyl (C=O) groups excluding carboxylic acids is 1. The van der Waals surface area contributed by atoms with Gasteiger partial charge in [0.1, 0.15) is 17.6 Å². The summed E-state index contributed by atoms with van der Waals surface area (Å²) in [5.41, 5.74) is 1.07. The van der Waals surface area contributed by atoms with E-state index in [1.807, 2.05) is 42.5 Å². The number of nitrogens with zero attached hydrogens (tertiary/aromatic N) is 2. The zero-order valence-electron chi connectivity index (χ0n) is 17.8. The van der Waals surface area contributed by atoms with E-state index in [1.54, 1.807) is 12.1 Å². The molecule has 1 N–H and O–H groups in total. The first kappa shape index (κ1) is 20.3. The summed E-state index contributed by atoms with van der Waals surface area (Å²) in [6.45, 7) is 0.0554. The van der Waals surface area contributed by atoms with E-state index in [9.17, 15) is 14.4 Å². The largest absolute Gasteiger partial charge is 0.449 e. The van der Waals surface area contributed by atoms with Crippen LogP contribution >= 0.6 is 0 Å². The van der Waals surface area contributed by atoms with E-state index in [0.29, 0.717) is 22.9 Å². The third-order valence-electron chi connectivity index (χ3n) is 6.23.